The maximum absolute atomic E-state index is 10.3. The summed E-state index contributed by atoms with van der Waals surface area (Å²) >= 11 is 0. The fourth-order valence-electron chi connectivity index (χ4n) is 0.703. The molecular formula is C6H8N2O3. The molecule has 0 aliphatic rings. The number of hydrogen-bond donors (Lipinski definition) is 2. The molecule has 0 radical (unpaired) electrons. The van der Waals surface area contributed by atoms with Crippen LogP contribution in [0.2, 0.25) is 0 Å². The van der Waals surface area contributed by atoms with Crippen molar-refractivity contribution in [1.29, 1.82) is 0 Å². The lowest BCUT2D eigenvalue weighted by Crippen LogP contribution is -2.05. The van der Waals surface area contributed by atoms with Gasteiger partial charge in [-0.1, -0.05) is 0 Å². The van der Waals surface area contributed by atoms with Crippen molar-refractivity contribution in [3.05, 3.63) is 18.0 Å². The first-order valence-electron chi connectivity index (χ1n) is 3.11. The van der Waals surface area contributed by atoms with Crippen molar-refractivity contribution in [3.63, 3.8) is 0 Å². The van der Waals surface area contributed by atoms with E-state index in [1.54, 1.807) is 0 Å². The minimum absolute atomic E-state index is 0.00144. The van der Waals surface area contributed by atoms with Gasteiger partial charge in [-0.25, -0.2) is 4.79 Å². The number of rotatable bonds is 3. The van der Waals surface area contributed by atoms with Crippen LogP contribution in [0.4, 0.5) is 0 Å². The molecule has 5 heteroatoms. The summed E-state index contributed by atoms with van der Waals surface area (Å²) in [6, 6.07) is 1.39. The van der Waals surface area contributed by atoms with E-state index < -0.39 is 5.97 Å². The molecular weight excluding hydrogens is 148 g/mol. The summed E-state index contributed by atoms with van der Waals surface area (Å²) in [7, 11) is 0. The first-order valence-corrected chi connectivity index (χ1v) is 3.11. The third-order valence-electron chi connectivity index (χ3n) is 1.19. The Morgan fingerprint density at radius 2 is 2.45 bits per heavy atom. The number of nitrogens with zero attached hydrogens (tertiary/aromatic N) is 2. The lowest BCUT2D eigenvalue weighted by atomic mass is 10.5. The molecule has 0 aromatic carbocycles. The highest BCUT2D eigenvalue weighted by Crippen LogP contribution is 1.94. The van der Waals surface area contributed by atoms with E-state index in [4.69, 9.17) is 10.2 Å². The van der Waals surface area contributed by atoms with Gasteiger partial charge < -0.3 is 10.2 Å². The molecule has 1 rings (SSSR count). The molecule has 0 aliphatic heterocycles. The number of hydrogen-bond acceptors (Lipinski definition) is 3. The summed E-state index contributed by atoms with van der Waals surface area (Å²) in [6.07, 6.45) is 1.51. The van der Waals surface area contributed by atoms with E-state index in [0.717, 1.165) is 0 Å². The number of aliphatic hydroxyl groups is 1. The minimum atomic E-state index is -1.05. The molecule has 2 N–H and O–H groups in total. The Bertz CT molecular complexity index is 256. The van der Waals surface area contributed by atoms with Crippen LogP contribution in [0.5, 0.6) is 0 Å². The van der Waals surface area contributed by atoms with Gasteiger partial charge in [-0.3, -0.25) is 4.68 Å². The Balaban J connectivity index is 2.73. The lowest BCUT2D eigenvalue weighted by molar-refractivity contribution is 0.0689. The van der Waals surface area contributed by atoms with E-state index in [0.29, 0.717) is 6.54 Å². The second-order valence-corrected chi connectivity index (χ2v) is 1.99. The molecule has 1 aromatic rings. The second kappa shape index (κ2) is 3.16. The molecule has 11 heavy (non-hydrogen) atoms. The van der Waals surface area contributed by atoms with Gasteiger partial charge in [0.15, 0.2) is 5.69 Å². The number of carboxylic acid groups (broad SMARTS) is 1. The fourth-order valence-corrected chi connectivity index (χ4v) is 0.703. The van der Waals surface area contributed by atoms with Crippen LogP contribution in [-0.2, 0) is 6.54 Å². The van der Waals surface area contributed by atoms with Crippen LogP contribution in [0.3, 0.4) is 0 Å². The molecule has 0 spiro atoms. The van der Waals surface area contributed by atoms with Crippen molar-refractivity contribution in [2.75, 3.05) is 6.61 Å². The van der Waals surface area contributed by atoms with Crippen molar-refractivity contribution in [2.45, 2.75) is 6.54 Å². The Kier molecular flexibility index (Phi) is 2.22. The second-order valence-electron chi connectivity index (χ2n) is 1.99. The van der Waals surface area contributed by atoms with Crippen LogP contribution in [0, 0.1) is 0 Å². The molecule has 0 bridgehead atoms. The molecule has 0 fully saturated rings. The zero-order valence-corrected chi connectivity index (χ0v) is 5.77. The molecule has 0 saturated heterocycles. The molecule has 60 valence electrons. The number of aromatic carboxylic acids is 1. The Morgan fingerprint density at radius 3 is 2.91 bits per heavy atom. The van der Waals surface area contributed by atoms with Crippen molar-refractivity contribution in [3.8, 4) is 0 Å². The van der Waals surface area contributed by atoms with Gasteiger partial charge in [0.1, 0.15) is 0 Å². The Labute approximate surface area is 62.9 Å². The standard InChI is InChI=1S/C6H8N2O3/c9-4-3-8-2-1-5(7-8)6(10)11/h1-2,9H,3-4H2,(H,10,11). The third kappa shape index (κ3) is 1.78. The van der Waals surface area contributed by atoms with E-state index >= 15 is 0 Å². The van der Waals surface area contributed by atoms with Gasteiger partial charge in [-0.2, -0.15) is 5.10 Å². The molecule has 0 amide bonds. The molecule has 0 unspecified atom stereocenters. The number of carbonyl (C=O) groups is 1. The topological polar surface area (TPSA) is 75.3 Å². The highest BCUT2D eigenvalue weighted by molar-refractivity contribution is 5.84. The Hall–Kier alpha value is -1.36. The van der Waals surface area contributed by atoms with Crippen LogP contribution >= 0.6 is 0 Å². The number of aliphatic hydroxyl groups excluding tert-OH is 1. The number of carboxylic acids is 1. The van der Waals surface area contributed by atoms with Crippen LogP contribution in [0.15, 0.2) is 12.3 Å². The summed E-state index contributed by atoms with van der Waals surface area (Å²) in [6.45, 7) is 0.286. The van der Waals surface area contributed by atoms with Gasteiger partial charge >= 0.3 is 5.97 Å². The third-order valence-corrected chi connectivity index (χ3v) is 1.19. The van der Waals surface area contributed by atoms with Gasteiger partial charge in [0.25, 0.3) is 0 Å². The van der Waals surface area contributed by atoms with Crippen LogP contribution in [0.25, 0.3) is 0 Å². The van der Waals surface area contributed by atoms with Crippen molar-refractivity contribution < 1.29 is 15.0 Å². The van der Waals surface area contributed by atoms with Gasteiger partial charge in [-0.05, 0) is 6.07 Å². The minimum Gasteiger partial charge on any atom is -0.476 e. The predicted molar refractivity (Wildman–Crippen MR) is 36.3 cm³/mol. The van der Waals surface area contributed by atoms with Gasteiger partial charge in [0.2, 0.25) is 0 Å². The van der Waals surface area contributed by atoms with E-state index in [-0.39, 0.29) is 12.3 Å². The molecule has 5 nitrogen and oxygen atoms in total. The highest BCUT2D eigenvalue weighted by atomic mass is 16.4. The van der Waals surface area contributed by atoms with E-state index in [2.05, 4.69) is 5.10 Å². The molecule has 1 aromatic heterocycles. The molecule has 0 atom stereocenters. The van der Waals surface area contributed by atoms with E-state index in [9.17, 15) is 4.79 Å². The summed E-state index contributed by atoms with van der Waals surface area (Å²) in [5.74, 6) is -1.05. The van der Waals surface area contributed by atoms with Crippen LogP contribution < -0.4 is 0 Å². The summed E-state index contributed by atoms with van der Waals surface area (Å²) < 4.78 is 1.38. The SMILES string of the molecule is O=C(O)c1ccn(CCO)n1. The monoisotopic (exact) mass is 156 g/mol. The largest absolute Gasteiger partial charge is 0.476 e. The summed E-state index contributed by atoms with van der Waals surface area (Å²) in [4.78, 5) is 10.3. The average molecular weight is 156 g/mol. The van der Waals surface area contributed by atoms with E-state index in [1.807, 2.05) is 0 Å². The number of aromatic nitrogens is 2. The zero-order chi connectivity index (χ0) is 8.27. The average Bonchev–Trinajstić information content (AvgIpc) is 2.37. The first-order chi connectivity index (χ1) is 5.24. The first kappa shape index (κ1) is 7.74. The maximum atomic E-state index is 10.3. The van der Waals surface area contributed by atoms with Gasteiger partial charge in [0, 0.05) is 6.20 Å². The van der Waals surface area contributed by atoms with Crippen molar-refractivity contribution >= 4 is 5.97 Å². The molecule has 0 aliphatic carbocycles. The van der Waals surface area contributed by atoms with Crippen LogP contribution in [0.1, 0.15) is 10.5 Å². The quantitative estimate of drug-likeness (QED) is 0.622. The molecule has 1 heterocycles. The highest BCUT2D eigenvalue weighted by Gasteiger charge is 2.05. The van der Waals surface area contributed by atoms with Crippen LogP contribution in [-0.4, -0.2) is 32.6 Å². The lowest BCUT2D eigenvalue weighted by Gasteiger charge is -1.93. The summed E-state index contributed by atoms with van der Waals surface area (Å²) in [5.41, 5.74) is -0.00144. The normalized spacial score (nSPS) is 9.91. The van der Waals surface area contributed by atoms with E-state index in [1.165, 1.54) is 16.9 Å². The predicted octanol–water partition coefficient (Wildman–Crippen LogP) is -0.426. The van der Waals surface area contributed by atoms with Gasteiger partial charge in [-0.15, -0.1) is 0 Å². The summed E-state index contributed by atoms with van der Waals surface area (Å²) in [5, 5.41) is 20.5. The zero-order valence-electron chi connectivity index (χ0n) is 5.77. The molecule has 0 saturated carbocycles. The maximum Gasteiger partial charge on any atom is 0.356 e. The van der Waals surface area contributed by atoms with Gasteiger partial charge in [0.05, 0.1) is 13.2 Å². The van der Waals surface area contributed by atoms with Crippen molar-refractivity contribution in [2.24, 2.45) is 0 Å². The Morgan fingerprint density at radius 1 is 1.73 bits per heavy atom. The van der Waals surface area contributed by atoms with Crippen molar-refractivity contribution in [1.82, 2.24) is 9.78 Å². The smallest absolute Gasteiger partial charge is 0.356 e. The fraction of sp³-hybridized carbons (Fsp3) is 0.333.